The monoisotopic (exact) mass is 337 g/mol. The average Bonchev–Trinajstić information content (AvgIpc) is 2.62. The van der Waals surface area contributed by atoms with Crippen molar-refractivity contribution in [3.05, 3.63) is 84.0 Å². The molecule has 7 heteroatoms. The maximum atomic E-state index is 11.1. The first-order chi connectivity index (χ1) is 12.0. The van der Waals surface area contributed by atoms with Crippen LogP contribution in [0.15, 0.2) is 66.2 Å². The van der Waals surface area contributed by atoms with Gasteiger partial charge in [0.1, 0.15) is 11.4 Å². The van der Waals surface area contributed by atoms with Crippen LogP contribution >= 0.6 is 0 Å². The number of carboxylic acids is 2. The lowest BCUT2D eigenvalue weighted by Gasteiger charge is -2.04. The number of rotatable bonds is 7. The van der Waals surface area contributed by atoms with Gasteiger partial charge in [-0.15, -0.1) is 0 Å². The molecule has 0 fully saturated rings. The molecular weight excluding hydrogens is 322 g/mol. The van der Waals surface area contributed by atoms with Crippen molar-refractivity contribution in [3.8, 4) is 0 Å². The molecule has 126 valence electrons. The smallest absolute Gasteiger partial charge is 0.354 e. The molecule has 0 atom stereocenters. The molecule has 2 aromatic heterocycles. The van der Waals surface area contributed by atoms with Crippen molar-refractivity contribution in [1.82, 2.24) is 9.97 Å². The molecule has 0 aliphatic heterocycles. The van der Waals surface area contributed by atoms with Crippen LogP contribution in [0.25, 0.3) is 0 Å². The Morgan fingerprint density at radius 1 is 1.00 bits per heavy atom. The van der Waals surface area contributed by atoms with Crippen molar-refractivity contribution in [3.63, 3.8) is 0 Å². The minimum atomic E-state index is -1.13. The van der Waals surface area contributed by atoms with Crippen LogP contribution in [0.1, 0.15) is 32.4 Å². The summed E-state index contributed by atoms with van der Waals surface area (Å²) in [6, 6.07) is 9.24. The SMILES string of the molecule is C=C/C=C\C(=NCc1cccc(C(=O)O)n1)c1cccc(C(=O)O)n1. The lowest BCUT2D eigenvalue weighted by atomic mass is 10.2. The first kappa shape index (κ1) is 17.7. The molecule has 2 rings (SSSR count). The number of nitrogens with zero attached hydrogens (tertiary/aromatic N) is 3. The first-order valence-electron chi connectivity index (χ1n) is 7.24. The number of carbonyl (C=O) groups is 2. The maximum absolute atomic E-state index is 11.1. The zero-order valence-corrected chi connectivity index (χ0v) is 13.2. The first-order valence-corrected chi connectivity index (χ1v) is 7.24. The molecule has 0 spiro atoms. The van der Waals surface area contributed by atoms with Gasteiger partial charge in [0.25, 0.3) is 0 Å². The highest BCUT2D eigenvalue weighted by Gasteiger charge is 2.09. The largest absolute Gasteiger partial charge is 0.477 e. The summed E-state index contributed by atoms with van der Waals surface area (Å²) in [6.07, 6.45) is 4.84. The second-order valence-corrected chi connectivity index (χ2v) is 4.83. The van der Waals surface area contributed by atoms with Crippen LogP contribution in [-0.4, -0.2) is 37.8 Å². The third-order valence-electron chi connectivity index (χ3n) is 3.06. The van der Waals surface area contributed by atoms with Gasteiger partial charge in [0.05, 0.1) is 23.6 Å². The molecule has 2 heterocycles. The molecule has 0 aliphatic carbocycles. The third-order valence-corrected chi connectivity index (χ3v) is 3.06. The van der Waals surface area contributed by atoms with Crippen molar-refractivity contribution in [2.75, 3.05) is 0 Å². The fourth-order valence-electron chi connectivity index (χ4n) is 1.93. The highest BCUT2D eigenvalue weighted by Crippen LogP contribution is 2.07. The summed E-state index contributed by atoms with van der Waals surface area (Å²) in [4.78, 5) is 34.5. The second kappa shape index (κ2) is 8.30. The Morgan fingerprint density at radius 2 is 1.60 bits per heavy atom. The van der Waals surface area contributed by atoms with E-state index in [2.05, 4.69) is 21.5 Å². The Labute approximate surface area is 143 Å². The van der Waals surface area contributed by atoms with Crippen molar-refractivity contribution in [2.24, 2.45) is 4.99 Å². The molecule has 2 N–H and O–H groups in total. The number of aromatic nitrogens is 2. The van der Waals surface area contributed by atoms with Gasteiger partial charge < -0.3 is 10.2 Å². The zero-order chi connectivity index (χ0) is 18.2. The number of hydrogen-bond donors (Lipinski definition) is 2. The Hall–Kier alpha value is -3.61. The van der Waals surface area contributed by atoms with Crippen molar-refractivity contribution >= 4 is 17.7 Å². The fourth-order valence-corrected chi connectivity index (χ4v) is 1.93. The predicted molar refractivity (Wildman–Crippen MR) is 92.0 cm³/mol. The van der Waals surface area contributed by atoms with E-state index in [1.165, 1.54) is 12.1 Å². The number of allylic oxidation sites excluding steroid dienone is 3. The van der Waals surface area contributed by atoms with Gasteiger partial charge >= 0.3 is 11.9 Å². The Bertz CT molecular complexity index is 872. The molecule has 0 aliphatic rings. The van der Waals surface area contributed by atoms with Crippen LogP contribution in [0.2, 0.25) is 0 Å². The molecule has 0 unspecified atom stereocenters. The van der Waals surface area contributed by atoms with E-state index in [1.807, 2.05) is 0 Å². The standard InChI is InChI=1S/C18H15N3O4/c1-2-3-7-13(14-8-5-10-16(21-14)18(24)25)19-11-12-6-4-9-15(20-12)17(22)23/h2-10H,1,11H2,(H,22,23)(H,24,25)/b7-3-,19-13?. The molecule has 0 aromatic carbocycles. The van der Waals surface area contributed by atoms with E-state index in [1.54, 1.807) is 42.5 Å². The quantitative estimate of drug-likeness (QED) is 0.593. The second-order valence-electron chi connectivity index (χ2n) is 4.83. The summed E-state index contributed by atoms with van der Waals surface area (Å²) in [6.45, 7) is 3.71. The van der Waals surface area contributed by atoms with E-state index in [4.69, 9.17) is 10.2 Å². The predicted octanol–water partition coefficient (Wildman–Crippen LogP) is 2.60. The topological polar surface area (TPSA) is 113 Å². The molecule has 0 saturated carbocycles. The van der Waals surface area contributed by atoms with Gasteiger partial charge in [0, 0.05) is 0 Å². The number of carboxylic acid groups (broad SMARTS) is 2. The van der Waals surface area contributed by atoms with Crippen LogP contribution in [0.5, 0.6) is 0 Å². The van der Waals surface area contributed by atoms with E-state index in [0.717, 1.165) is 0 Å². The highest BCUT2D eigenvalue weighted by atomic mass is 16.4. The highest BCUT2D eigenvalue weighted by molar-refractivity contribution is 6.07. The number of pyridine rings is 2. The third kappa shape index (κ3) is 4.93. The Morgan fingerprint density at radius 3 is 2.24 bits per heavy atom. The van der Waals surface area contributed by atoms with Gasteiger partial charge in [0.2, 0.25) is 0 Å². The molecule has 0 amide bonds. The molecule has 0 radical (unpaired) electrons. The number of aromatic carboxylic acids is 2. The van der Waals surface area contributed by atoms with Gasteiger partial charge in [-0.2, -0.15) is 0 Å². The maximum Gasteiger partial charge on any atom is 0.354 e. The van der Waals surface area contributed by atoms with Crippen LogP contribution in [0.4, 0.5) is 0 Å². The lowest BCUT2D eigenvalue weighted by Crippen LogP contribution is -2.08. The number of hydrogen-bond acceptors (Lipinski definition) is 5. The summed E-state index contributed by atoms with van der Waals surface area (Å²) in [7, 11) is 0. The van der Waals surface area contributed by atoms with Gasteiger partial charge in [-0.1, -0.05) is 30.9 Å². The van der Waals surface area contributed by atoms with Crippen LogP contribution in [0.3, 0.4) is 0 Å². The summed E-state index contributed by atoms with van der Waals surface area (Å²) in [5.74, 6) is -2.25. The van der Waals surface area contributed by atoms with Crippen LogP contribution in [0, 0.1) is 0 Å². The molecule has 25 heavy (non-hydrogen) atoms. The van der Waals surface area contributed by atoms with E-state index in [-0.39, 0.29) is 17.9 Å². The normalized spacial score (nSPS) is 11.4. The molecule has 0 saturated heterocycles. The summed E-state index contributed by atoms with van der Waals surface area (Å²) in [5.41, 5.74) is 1.13. The fraction of sp³-hybridized carbons (Fsp3) is 0.0556. The summed E-state index contributed by atoms with van der Waals surface area (Å²) < 4.78 is 0. The molecule has 2 aromatic rings. The average molecular weight is 337 g/mol. The van der Waals surface area contributed by atoms with E-state index in [0.29, 0.717) is 17.1 Å². The van der Waals surface area contributed by atoms with Gasteiger partial charge in [-0.05, 0) is 30.3 Å². The van der Waals surface area contributed by atoms with E-state index < -0.39 is 11.9 Å². The summed E-state index contributed by atoms with van der Waals surface area (Å²) >= 11 is 0. The van der Waals surface area contributed by atoms with E-state index >= 15 is 0 Å². The molecular formula is C18H15N3O4. The minimum Gasteiger partial charge on any atom is -0.477 e. The molecule has 0 bridgehead atoms. The van der Waals surface area contributed by atoms with Crippen LogP contribution < -0.4 is 0 Å². The lowest BCUT2D eigenvalue weighted by molar-refractivity contribution is 0.0679. The van der Waals surface area contributed by atoms with Gasteiger partial charge in [-0.3, -0.25) is 4.99 Å². The Kier molecular flexibility index (Phi) is 5.89. The van der Waals surface area contributed by atoms with Gasteiger partial charge in [0.15, 0.2) is 0 Å². The van der Waals surface area contributed by atoms with E-state index in [9.17, 15) is 9.59 Å². The minimum absolute atomic E-state index is 0.0677. The van der Waals surface area contributed by atoms with Gasteiger partial charge in [-0.25, -0.2) is 19.6 Å². The summed E-state index contributed by atoms with van der Waals surface area (Å²) in [5, 5.41) is 18.0. The van der Waals surface area contributed by atoms with Crippen LogP contribution in [-0.2, 0) is 6.54 Å². The van der Waals surface area contributed by atoms with Crippen molar-refractivity contribution in [2.45, 2.75) is 6.54 Å². The van der Waals surface area contributed by atoms with Crippen molar-refractivity contribution in [1.29, 1.82) is 0 Å². The molecule has 7 nitrogen and oxygen atoms in total. The van der Waals surface area contributed by atoms with Crippen molar-refractivity contribution < 1.29 is 19.8 Å². The Balaban J connectivity index is 2.35. The number of aliphatic imine (C=N–C) groups is 1. The zero-order valence-electron chi connectivity index (χ0n) is 13.2.